The lowest BCUT2D eigenvalue weighted by molar-refractivity contribution is -0.145. The van der Waals surface area contributed by atoms with Crippen LogP contribution in [0.4, 0.5) is 0 Å². The maximum atomic E-state index is 13.5. The number of benzene rings is 1. The van der Waals surface area contributed by atoms with E-state index in [-0.39, 0.29) is 36.3 Å². The highest BCUT2D eigenvalue weighted by Gasteiger charge is 2.39. The van der Waals surface area contributed by atoms with E-state index in [9.17, 15) is 39.3 Å². The molecule has 1 heterocycles. The van der Waals surface area contributed by atoms with Crippen molar-refractivity contribution in [2.45, 2.75) is 96.6 Å². The molecule has 0 bridgehead atoms. The first-order chi connectivity index (χ1) is 19.6. The Bertz CT molecular complexity index is 1110. The number of carbonyl (C=O) groups excluding carboxylic acids is 4. The molecule has 1 saturated heterocycles. The van der Waals surface area contributed by atoms with Crippen molar-refractivity contribution in [3.63, 3.8) is 0 Å². The highest BCUT2D eigenvalue weighted by atomic mass is 16.4. The molecular weight excluding hydrogens is 546 g/mol. The number of nitrogens with one attached hydrogen (secondary N) is 3. The second-order valence-electron chi connectivity index (χ2n) is 11.6. The van der Waals surface area contributed by atoms with Gasteiger partial charge in [-0.25, -0.2) is 4.79 Å². The van der Waals surface area contributed by atoms with Crippen molar-refractivity contribution in [2.24, 2.45) is 17.6 Å². The van der Waals surface area contributed by atoms with Crippen LogP contribution in [-0.4, -0.2) is 92.7 Å². The van der Waals surface area contributed by atoms with Crippen LogP contribution in [0.5, 0.6) is 5.75 Å². The van der Waals surface area contributed by atoms with Crippen molar-refractivity contribution >= 4 is 29.6 Å². The number of aliphatic hydroxyl groups excluding tert-OH is 1. The minimum atomic E-state index is -1.62. The number of carboxylic acid groups (broad SMARTS) is 1. The molecular formula is C29H45N5O8. The molecule has 13 heteroatoms. The minimum Gasteiger partial charge on any atom is -0.508 e. The molecule has 1 aliphatic rings. The summed E-state index contributed by atoms with van der Waals surface area (Å²) >= 11 is 0. The molecule has 0 aliphatic carbocycles. The Morgan fingerprint density at radius 3 is 2.07 bits per heavy atom. The number of nitrogens with two attached hydrogens (primary N) is 1. The predicted octanol–water partition coefficient (Wildman–Crippen LogP) is -0.125. The second kappa shape index (κ2) is 15.5. The van der Waals surface area contributed by atoms with Crippen LogP contribution in [0.3, 0.4) is 0 Å². The first-order valence-corrected chi connectivity index (χ1v) is 14.3. The van der Waals surface area contributed by atoms with Crippen LogP contribution in [0.1, 0.15) is 59.4 Å². The van der Waals surface area contributed by atoms with Gasteiger partial charge >= 0.3 is 5.97 Å². The van der Waals surface area contributed by atoms with E-state index in [4.69, 9.17) is 5.73 Å². The molecule has 0 unspecified atom stereocenters. The molecule has 0 radical (unpaired) electrons. The van der Waals surface area contributed by atoms with E-state index in [1.54, 1.807) is 12.1 Å². The van der Waals surface area contributed by atoms with Gasteiger partial charge in [0.2, 0.25) is 23.6 Å². The summed E-state index contributed by atoms with van der Waals surface area (Å²) in [6.45, 7) is 8.95. The number of phenolic OH excluding ortho intramolecular Hbond substituents is 1. The topological polar surface area (TPSA) is 211 Å². The smallest absolute Gasteiger partial charge is 0.328 e. The van der Waals surface area contributed by atoms with Crippen molar-refractivity contribution < 1.29 is 39.3 Å². The molecule has 0 aromatic heterocycles. The lowest BCUT2D eigenvalue weighted by Gasteiger charge is -2.30. The van der Waals surface area contributed by atoms with Gasteiger partial charge in [0.15, 0.2) is 6.04 Å². The van der Waals surface area contributed by atoms with Crippen molar-refractivity contribution in [2.75, 3.05) is 6.54 Å². The Morgan fingerprint density at radius 2 is 1.55 bits per heavy atom. The number of phenols is 1. The number of likely N-dealkylation sites (tertiary alicyclic amines) is 1. The normalized spacial score (nSPS) is 18.6. The largest absolute Gasteiger partial charge is 0.508 e. The van der Waals surface area contributed by atoms with Crippen LogP contribution in [0.25, 0.3) is 0 Å². The van der Waals surface area contributed by atoms with Gasteiger partial charge in [-0.2, -0.15) is 0 Å². The third-order valence-corrected chi connectivity index (χ3v) is 7.24. The first kappa shape index (κ1) is 34.5. The van der Waals surface area contributed by atoms with E-state index in [0.29, 0.717) is 24.9 Å². The highest BCUT2D eigenvalue weighted by Crippen LogP contribution is 2.20. The van der Waals surface area contributed by atoms with E-state index in [1.807, 2.05) is 27.7 Å². The molecule has 1 fully saturated rings. The number of hydrogen-bond acceptors (Lipinski definition) is 8. The summed E-state index contributed by atoms with van der Waals surface area (Å²) in [7, 11) is 0. The Hall–Kier alpha value is -3.71. The Balaban J connectivity index is 2.27. The number of rotatable bonds is 14. The van der Waals surface area contributed by atoms with Crippen molar-refractivity contribution in [3.8, 4) is 5.75 Å². The van der Waals surface area contributed by atoms with E-state index in [0.717, 1.165) is 0 Å². The average Bonchev–Trinajstić information content (AvgIpc) is 3.40. The van der Waals surface area contributed by atoms with Gasteiger partial charge in [0.1, 0.15) is 23.9 Å². The molecule has 1 aromatic rings. The van der Waals surface area contributed by atoms with Gasteiger partial charge in [0.25, 0.3) is 0 Å². The summed E-state index contributed by atoms with van der Waals surface area (Å²) in [5.41, 5.74) is 6.61. The summed E-state index contributed by atoms with van der Waals surface area (Å²) in [5.74, 6) is -3.96. The van der Waals surface area contributed by atoms with E-state index < -0.39 is 60.0 Å². The summed E-state index contributed by atoms with van der Waals surface area (Å²) < 4.78 is 0. The fourth-order valence-electron chi connectivity index (χ4n) is 4.74. The molecule has 2 rings (SSSR count). The maximum Gasteiger partial charge on any atom is 0.328 e. The van der Waals surface area contributed by atoms with Gasteiger partial charge in [-0.15, -0.1) is 0 Å². The zero-order valence-electron chi connectivity index (χ0n) is 24.9. The summed E-state index contributed by atoms with van der Waals surface area (Å²) in [5, 5.41) is 36.5. The highest BCUT2D eigenvalue weighted by molar-refractivity contribution is 5.95. The number of nitrogens with zero attached hydrogens (tertiary/aromatic N) is 1. The molecule has 42 heavy (non-hydrogen) atoms. The number of aromatic hydroxyl groups is 1. The van der Waals surface area contributed by atoms with Gasteiger partial charge in [-0.1, -0.05) is 39.8 Å². The lowest BCUT2D eigenvalue weighted by Crippen LogP contribution is -2.59. The quantitative estimate of drug-likeness (QED) is 0.153. The van der Waals surface area contributed by atoms with Crippen molar-refractivity contribution in [1.82, 2.24) is 20.9 Å². The molecule has 4 amide bonds. The molecule has 6 atom stereocenters. The van der Waals surface area contributed by atoms with Crippen LogP contribution in [0, 0.1) is 11.8 Å². The van der Waals surface area contributed by atoms with Crippen LogP contribution >= 0.6 is 0 Å². The fourth-order valence-corrected chi connectivity index (χ4v) is 4.74. The molecule has 1 aromatic carbocycles. The zero-order valence-corrected chi connectivity index (χ0v) is 24.9. The molecule has 1 aliphatic heterocycles. The van der Waals surface area contributed by atoms with Crippen LogP contribution in [0.15, 0.2) is 24.3 Å². The number of amides is 4. The zero-order chi connectivity index (χ0) is 31.7. The van der Waals surface area contributed by atoms with Crippen LogP contribution < -0.4 is 21.7 Å². The molecule has 0 saturated carbocycles. The molecule has 234 valence electrons. The number of hydrogen-bond donors (Lipinski definition) is 7. The summed E-state index contributed by atoms with van der Waals surface area (Å²) in [6.07, 6.45) is -0.225. The molecule has 0 spiro atoms. The van der Waals surface area contributed by atoms with E-state index in [2.05, 4.69) is 16.0 Å². The monoisotopic (exact) mass is 591 g/mol. The third kappa shape index (κ3) is 9.69. The average molecular weight is 592 g/mol. The standard InChI is InChI=1S/C29H45N5O8/c1-15(2)13-20(32-27(39)22-7-6-12-34(22)28(40)23(30)16(3)4)25(37)31-21(14-18-8-10-19(36)11-9-18)26(38)33-24(17(5)35)29(41)42/h8-11,15-17,20-24,35-36H,6-7,12-14,30H2,1-5H3,(H,31,37)(H,32,39)(H,33,38)(H,41,42)/t17-,20+,21+,22+,23+,24+/m1/s1. The Morgan fingerprint density at radius 1 is 0.952 bits per heavy atom. The second-order valence-corrected chi connectivity index (χ2v) is 11.6. The van der Waals surface area contributed by atoms with Crippen molar-refractivity contribution in [3.05, 3.63) is 29.8 Å². The lowest BCUT2D eigenvalue weighted by atomic mass is 10.00. The third-order valence-electron chi connectivity index (χ3n) is 7.24. The Labute approximate surface area is 246 Å². The first-order valence-electron chi connectivity index (χ1n) is 14.3. The number of aliphatic carboxylic acids is 1. The fraction of sp³-hybridized carbons (Fsp3) is 0.621. The van der Waals surface area contributed by atoms with Gasteiger partial charge in [-0.3, -0.25) is 19.2 Å². The maximum absolute atomic E-state index is 13.5. The molecule has 13 nitrogen and oxygen atoms in total. The van der Waals surface area contributed by atoms with E-state index in [1.165, 1.54) is 24.0 Å². The summed E-state index contributed by atoms with van der Waals surface area (Å²) in [6, 6.07) is 0.405. The van der Waals surface area contributed by atoms with Crippen LogP contribution in [0.2, 0.25) is 0 Å². The van der Waals surface area contributed by atoms with Gasteiger partial charge in [-0.05, 0) is 55.7 Å². The van der Waals surface area contributed by atoms with Gasteiger partial charge in [0.05, 0.1) is 12.1 Å². The SMILES string of the molecule is CC(C)C[C@H](NC(=O)[C@@H]1CCCN1C(=O)[C@@H](N)C(C)C)C(=O)N[C@@H](Cc1ccc(O)cc1)C(=O)N[C@H](C(=O)O)[C@@H](C)O. The number of carbonyl (C=O) groups is 5. The predicted molar refractivity (Wildman–Crippen MR) is 154 cm³/mol. The van der Waals surface area contributed by atoms with E-state index >= 15 is 0 Å². The summed E-state index contributed by atoms with van der Waals surface area (Å²) in [4.78, 5) is 66.0. The molecule has 8 N–H and O–H groups in total. The van der Waals surface area contributed by atoms with Crippen molar-refractivity contribution in [1.29, 1.82) is 0 Å². The van der Waals surface area contributed by atoms with Gasteiger partial charge in [0, 0.05) is 13.0 Å². The minimum absolute atomic E-state index is 0.00247. The van der Waals surface area contributed by atoms with Gasteiger partial charge < -0.3 is 41.9 Å². The Kier molecular flexibility index (Phi) is 12.7. The van der Waals surface area contributed by atoms with Crippen LogP contribution in [-0.2, 0) is 30.4 Å². The number of aliphatic hydroxyl groups is 1. The number of carboxylic acids is 1.